The first-order chi connectivity index (χ1) is 10.5. The first kappa shape index (κ1) is 16.5. The number of aryl methyl sites for hydroxylation is 1. The number of urea groups is 1. The zero-order valence-corrected chi connectivity index (χ0v) is 13.9. The summed E-state index contributed by atoms with van der Waals surface area (Å²) < 4.78 is 10.5. The van der Waals surface area contributed by atoms with E-state index in [9.17, 15) is 4.79 Å². The molecule has 2 atom stereocenters. The van der Waals surface area contributed by atoms with Gasteiger partial charge in [-0.05, 0) is 37.3 Å². The number of benzene rings is 1. The normalized spacial score (nSPS) is 21.1. The van der Waals surface area contributed by atoms with E-state index in [0.29, 0.717) is 17.4 Å². The van der Waals surface area contributed by atoms with Crippen molar-refractivity contribution in [2.75, 3.05) is 19.5 Å². The Morgan fingerprint density at radius 1 is 1.14 bits per heavy atom. The summed E-state index contributed by atoms with van der Waals surface area (Å²) in [5.41, 5.74) is 1.67. The topological polar surface area (TPSA) is 59.6 Å². The van der Waals surface area contributed by atoms with Gasteiger partial charge < -0.3 is 20.1 Å². The van der Waals surface area contributed by atoms with Crippen LogP contribution in [-0.2, 0) is 0 Å². The summed E-state index contributed by atoms with van der Waals surface area (Å²) in [6.45, 7) is 4.13. The number of carbonyl (C=O) groups is 1. The van der Waals surface area contributed by atoms with Crippen molar-refractivity contribution in [1.29, 1.82) is 0 Å². The molecule has 1 fully saturated rings. The first-order valence-electron chi connectivity index (χ1n) is 7.85. The number of hydrogen-bond acceptors (Lipinski definition) is 3. The lowest BCUT2D eigenvalue weighted by Gasteiger charge is -2.29. The van der Waals surface area contributed by atoms with Crippen molar-refractivity contribution in [3.05, 3.63) is 17.7 Å². The molecule has 0 heterocycles. The predicted octanol–water partition coefficient (Wildman–Crippen LogP) is 3.71. The van der Waals surface area contributed by atoms with E-state index in [-0.39, 0.29) is 12.1 Å². The number of carbonyl (C=O) groups excluding carboxylic acids is 1. The fraction of sp³-hybridized carbons (Fsp3) is 0.588. The molecule has 0 aliphatic heterocycles. The zero-order chi connectivity index (χ0) is 16.1. The zero-order valence-electron chi connectivity index (χ0n) is 13.9. The summed E-state index contributed by atoms with van der Waals surface area (Å²) >= 11 is 0. The molecule has 1 aromatic carbocycles. The summed E-state index contributed by atoms with van der Waals surface area (Å²) in [6.07, 6.45) is 4.68. The third kappa shape index (κ3) is 3.84. The molecule has 0 radical (unpaired) electrons. The Morgan fingerprint density at radius 2 is 1.77 bits per heavy atom. The largest absolute Gasteiger partial charge is 0.493 e. The quantitative estimate of drug-likeness (QED) is 0.891. The van der Waals surface area contributed by atoms with E-state index in [0.717, 1.165) is 17.7 Å². The Balaban J connectivity index is 2.04. The average molecular weight is 306 g/mol. The van der Waals surface area contributed by atoms with Gasteiger partial charge in [0.2, 0.25) is 0 Å². The number of hydrogen-bond donors (Lipinski definition) is 2. The molecule has 0 saturated heterocycles. The van der Waals surface area contributed by atoms with Gasteiger partial charge in [-0.25, -0.2) is 4.79 Å². The molecule has 2 rings (SSSR count). The van der Waals surface area contributed by atoms with E-state index in [4.69, 9.17) is 9.47 Å². The number of rotatable bonds is 4. The minimum absolute atomic E-state index is 0.158. The first-order valence-corrected chi connectivity index (χ1v) is 7.85. The minimum atomic E-state index is -0.158. The van der Waals surface area contributed by atoms with Crippen molar-refractivity contribution in [2.24, 2.45) is 5.92 Å². The van der Waals surface area contributed by atoms with E-state index in [1.165, 1.54) is 19.3 Å². The van der Waals surface area contributed by atoms with Gasteiger partial charge in [0, 0.05) is 17.8 Å². The second kappa shape index (κ2) is 7.38. The smallest absolute Gasteiger partial charge is 0.319 e. The number of nitrogens with one attached hydrogen (secondary N) is 2. The molecule has 22 heavy (non-hydrogen) atoms. The monoisotopic (exact) mass is 306 g/mol. The van der Waals surface area contributed by atoms with Crippen molar-refractivity contribution in [3.63, 3.8) is 0 Å². The second-order valence-electron chi connectivity index (χ2n) is 5.99. The third-order valence-electron chi connectivity index (χ3n) is 4.41. The molecule has 5 nitrogen and oxygen atoms in total. The summed E-state index contributed by atoms with van der Waals surface area (Å²) in [6, 6.07) is 3.75. The van der Waals surface area contributed by atoms with Gasteiger partial charge in [-0.2, -0.15) is 0 Å². The van der Waals surface area contributed by atoms with E-state index >= 15 is 0 Å². The van der Waals surface area contributed by atoms with Gasteiger partial charge in [0.1, 0.15) is 0 Å². The molecule has 1 aromatic rings. The van der Waals surface area contributed by atoms with Crippen LogP contribution < -0.4 is 20.1 Å². The number of methoxy groups -OCH3 is 2. The maximum absolute atomic E-state index is 12.2. The molecule has 0 aromatic heterocycles. The standard InChI is InChI=1S/C17H26N2O3/c1-11-7-5-6-8-13(11)18-17(20)19-14-10-16(22-4)15(21-3)9-12(14)2/h9-11,13H,5-8H2,1-4H3,(H2,18,19,20)/t11-,13+/m1/s1. The van der Waals surface area contributed by atoms with Crippen LogP contribution in [-0.4, -0.2) is 26.3 Å². The van der Waals surface area contributed by atoms with Crippen molar-refractivity contribution in [3.8, 4) is 11.5 Å². The molecule has 0 bridgehead atoms. The Labute approximate surface area is 132 Å². The van der Waals surface area contributed by atoms with Crippen molar-refractivity contribution in [1.82, 2.24) is 5.32 Å². The van der Waals surface area contributed by atoms with Crippen LogP contribution in [0.15, 0.2) is 12.1 Å². The molecular formula is C17H26N2O3. The predicted molar refractivity (Wildman–Crippen MR) is 87.9 cm³/mol. The molecule has 1 saturated carbocycles. The van der Waals surface area contributed by atoms with Gasteiger partial charge in [-0.3, -0.25) is 0 Å². The molecule has 122 valence electrons. The fourth-order valence-corrected chi connectivity index (χ4v) is 2.97. The highest BCUT2D eigenvalue weighted by atomic mass is 16.5. The summed E-state index contributed by atoms with van der Waals surface area (Å²) in [5, 5.41) is 6.01. The second-order valence-corrected chi connectivity index (χ2v) is 5.99. The van der Waals surface area contributed by atoms with Gasteiger partial charge in [0.25, 0.3) is 0 Å². The summed E-state index contributed by atoms with van der Waals surface area (Å²) in [4.78, 5) is 12.2. The lowest BCUT2D eigenvalue weighted by atomic mass is 9.86. The lowest BCUT2D eigenvalue weighted by Crippen LogP contribution is -2.43. The molecule has 0 unspecified atom stereocenters. The highest BCUT2D eigenvalue weighted by Crippen LogP contribution is 2.33. The van der Waals surface area contributed by atoms with Crippen LogP contribution in [0.3, 0.4) is 0 Å². The van der Waals surface area contributed by atoms with E-state index in [1.807, 2.05) is 13.0 Å². The van der Waals surface area contributed by atoms with Crippen molar-refractivity contribution in [2.45, 2.75) is 45.6 Å². The van der Waals surface area contributed by atoms with Gasteiger partial charge in [-0.1, -0.05) is 19.8 Å². The highest BCUT2D eigenvalue weighted by Gasteiger charge is 2.23. The van der Waals surface area contributed by atoms with Crippen LogP contribution in [0.25, 0.3) is 0 Å². The van der Waals surface area contributed by atoms with Gasteiger partial charge in [-0.15, -0.1) is 0 Å². The molecule has 0 spiro atoms. The molecule has 2 amide bonds. The number of amides is 2. The SMILES string of the molecule is COc1cc(C)c(NC(=O)N[C@H]2CCCC[C@H]2C)cc1OC. The maximum atomic E-state index is 12.2. The van der Waals surface area contributed by atoms with E-state index in [1.54, 1.807) is 20.3 Å². The third-order valence-corrected chi connectivity index (χ3v) is 4.41. The molecule has 1 aliphatic carbocycles. The highest BCUT2D eigenvalue weighted by molar-refractivity contribution is 5.90. The van der Waals surface area contributed by atoms with Gasteiger partial charge in [0.05, 0.1) is 14.2 Å². The summed E-state index contributed by atoms with van der Waals surface area (Å²) in [5.74, 6) is 1.80. The van der Waals surface area contributed by atoms with Gasteiger partial charge >= 0.3 is 6.03 Å². The molecular weight excluding hydrogens is 280 g/mol. The Hall–Kier alpha value is -1.91. The Morgan fingerprint density at radius 3 is 2.41 bits per heavy atom. The summed E-state index contributed by atoms with van der Waals surface area (Å²) in [7, 11) is 3.18. The number of ether oxygens (including phenoxy) is 2. The number of anilines is 1. The fourth-order valence-electron chi connectivity index (χ4n) is 2.97. The average Bonchev–Trinajstić information content (AvgIpc) is 2.51. The lowest BCUT2D eigenvalue weighted by molar-refractivity contribution is 0.232. The molecule has 1 aliphatic rings. The van der Waals surface area contributed by atoms with Gasteiger partial charge in [0.15, 0.2) is 11.5 Å². The van der Waals surface area contributed by atoms with Crippen molar-refractivity contribution >= 4 is 11.7 Å². The van der Waals surface area contributed by atoms with Crippen LogP contribution in [0.5, 0.6) is 11.5 Å². The van der Waals surface area contributed by atoms with Crippen LogP contribution in [0.1, 0.15) is 38.2 Å². The maximum Gasteiger partial charge on any atom is 0.319 e. The van der Waals surface area contributed by atoms with E-state index in [2.05, 4.69) is 17.6 Å². The molecule has 5 heteroatoms. The Bertz CT molecular complexity index is 531. The Kier molecular flexibility index (Phi) is 5.52. The minimum Gasteiger partial charge on any atom is -0.493 e. The van der Waals surface area contributed by atoms with Crippen LogP contribution in [0.2, 0.25) is 0 Å². The van der Waals surface area contributed by atoms with E-state index < -0.39 is 0 Å². The molecule has 2 N–H and O–H groups in total. The van der Waals surface area contributed by atoms with Crippen LogP contribution in [0, 0.1) is 12.8 Å². The van der Waals surface area contributed by atoms with Crippen molar-refractivity contribution < 1.29 is 14.3 Å². The van der Waals surface area contributed by atoms with Crippen LogP contribution in [0.4, 0.5) is 10.5 Å². The van der Waals surface area contributed by atoms with Crippen LogP contribution >= 0.6 is 0 Å².